The van der Waals surface area contributed by atoms with E-state index in [1.807, 2.05) is 29.5 Å². The number of benzene rings is 1. The van der Waals surface area contributed by atoms with E-state index in [0.29, 0.717) is 35.3 Å². The van der Waals surface area contributed by atoms with Crippen molar-refractivity contribution >= 4 is 17.2 Å². The zero-order valence-electron chi connectivity index (χ0n) is 18.8. The monoisotopic (exact) mass is 454 g/mol. The smallest absolute Gasteiger partial charge is 0.269 e. The number of aryl methyl sites for hydroxylation is 1. The van der Waals surface area contributed by atoms with E-state index in [1.165, 1.54) is 17.7 Å². The predicted molar refractivity (Wildman–Crippen MR) is 127 cm³/mol. The van der Waals surface area contributed by atoms with Crippen LogP contribution in [0.15, 0.2) is 41.8 Å². The first-order chi connectivity index (χ1) is 15.6. The fourth-order valence-corrected chi connectivity index (χ4v) is 5.11. The van der Waals surface area contributed by atoms with Crippen LogP contribution in [0.25, 0.3) is 11.3 Å². The number of nitrogens with zero attached hydrogens (tertiary/aromatic N) is 3. The maximum Gasteiger partial charge on any atom is 0.269 e. The van der Waals surface area contributed by atoms with Crippen LogP contribution >= 0.6 is 11.3 Å². The highest BCUT2D eigenvalue weighted by Crippen LogP contribution is 2.33. The third-order valence-electron chi connectivity index (χ3n) is 6.04. The Morgan fingerprint density at radius 2 is 2.00 bits per heavy atom. The second kappa shape index (κ2) is 10.2. The van der Waals surface area contributed by atoms with Gasteiger partial charge in [-0.05, 0) is 67.6 Å². The standard InChI is InChI=1S/C24H30N4O3S/c1-27-21(16-20(26-27)19-15-18(30-2)6-7-22(19)31-3)24(29)25-10-13-28-11-8-17(9-12-28)23-5-4-14-32-23/h4-7,14-17H,8-13H2,1-3H3,(H,25,29). The fourth-order valence-electron chi connectivity index (χ4n) is 4.21. The molecule has 32 heavy (non-hydrogen) atoms. The molecule has 8 heteroatoms. The number of nitrogens with one attached hydrogen (secondary N) is 1. The molecule has 1 fully saturated rings. The van der Waals surface area contributed by atoms with Gasteiger partial charge in [0.05, 0.1) is 19.9 Å². The molecule has 0 radical (unpaired) electrons. The molecule has 0 bridgehead atoms. The van der Waals surface area contributed by atoms with Crippen molar-refractivity contribution in [2.75, 3.05) is 40.4 Å². The molecule has 0 aliphatic carbocycles. The molecule has 0 spiro atoms. The predicted octanol–water partition coefficient (Wildman–Crippen LogP) is 3.78. The zero-order chi connectivity index (χ0) is 22.5. The van der Waals surface area contributed by atoms with Crippen molar-refractivity contribution in [1.82, 2.24) is 20.0 Å². The minimum Gasteiger partial charge on any atom is -0.497 e. The number of hydrogen-bond donors (Lipinski definition) is 1. The molecule has 1 amide bonds. The largest absolute Gasteiger partial charge is 0.497 e. The van der Waals surface area contributed by atoms with Gasteiger partial charge in [-0.2, -0.15) is 5.10 Å². The van der Waals surface area contributed by atoms with Crippen LogP contribution in [0.4, 0.5) is 0 Å². The topological polar surface area (TPSA) is 68.6 Å². The highest BCUT2D eigenvalue weighted by atomic mass is 32.1. The van der Waals surface area contributed by atoms with Crippen molar-refractivity contribution in [1.29, 1.82) is 0 Å². The van der Waals surface area contributed by atoms with Crippen LogP contribution in [0.1, 0.15) is 34.1 Å². The normalized spacial score (nSPS) is 15.0. The lowest BCUT2D eigenvalue weighted by molar-refractivity contribution is 0.0936. The summed E-state index contributed by atoms with van der Waals surface area (Å²) in [4.78, 5) is 16.7. The molecule has 1 aromatic carbocycles. The van der Waals surface area contributed by atoms with Crippen molar-refractivity contribution in [2.45, 2.75) is 18.8 Å². The first-order valence-corrected chi connectivity index (χ1v) is 11.8. The van der Waals surface area contributed by atoms with Gasteiger partial charge in [-0.15, -0.1) is 11.3 Å². The zero-order valence-corrected chi connectivity index (χ0v) is 19.7. The number of aromatic nitrogens is 2. The van der Waals surface area contributed by atoms with E-state index in [0.717, 1.165) is 25.2 Å². The lowest BCUT2D eigenvalue weighted by atomic mass is 9.95. The number of hydrogen-bond acceptors (Lipinski definition) is 6. The summed E-state index contributed by atoms with van der Waals surface area (Å²) in [5, 5.41) is 9.73. The summed E-state index contributed by atoms with van der Waals surface area (Å²) in [6.07, 6.45) is 2.36. The molecule has 7 nitrogen and oxygen atoms in total. The third kappa shape index (κ3) is 4.97. The Kier molecular flexibility index (Phi) is 7.12. The maximum atomic E-state index is 12.8. The van der Waals surface area contributed by atoms with E-state index >= 15 is 0 Å². The number of piperidine rings is 1. The van der Waals surface area contributed by atoms with E-state index in [4.69, 9.17) is 9.47 Å². The molecule has 1 saturated heterocycles. The van der Waals surface area contributed by atoms with Gasteiger partial charge < -0.3 is 19.7 Å². The molecule has 1 aliphatic heterocycles. The molecule has 2 aromatic heterocycles. The van der Waals surface area contributed by atoms with E-state index in [-0.39, 0.29) is 5.91 Å². The summed E-state index contributed by atoms with van der Waals surface area (Å²) in [6, 6.07) is 11.7. The molecule has 0 saturated carbocycles. The summed E-state index contributed by atoms with van der Waals surface area (Å²) < 4.78 is 12.4. The highest BCUT2D eigenvalue weighted by Gasteiger charge is 2.22. The minimum absolute atomic E-state index is 0.124. The Labute approximate surface area is 193 Å². The summed E-state index contributed by atoms with van der Waals surface area (Å²) in [5.41, 5.74) is 1.97. The number of carbonyl (C=O) groups is 1. The third-order valence-corrected chi connectivity index (χ3v) is 7.08. The van der Waals surface area contributed by atoms with Crippen LogP contribution in [0.3, 0.4) is 0 Å². The van der Waals surface area contributed by atoms with Crippen LogP contribution in [0.5, 0.6) is 11.5 Å². The van der Waals surface area contributed by atoms with Crippen LogP contribution < -0.4 is 14.8 Å². The summed E-state index contributed by atoms with van der Waals surface area (Å²) >= 11 is 1.86. The molecule has 1 N–H and O–H groups in total. The van der Waals surface area contributed by atoms with Crippen molar-refractivity contribution in [2.24, 2.45) is 7.05 Å². The number of carbonyl (C=O) groups excluding carboxylic acids is 1. The van der Waals surface area contributed by atoms with Crippen molar-refractivity contribution in [3.05, 3.63) is 52.3 Å². The highest BCUT2D eigenvalue weighted by molar-refractivity contribution is 7.10. The average molecular weight is 455 g/mol. The number of ether oxygens (including phenoxy) is 2. The molecular formula is C24H30N4O3S. The van der Waals surface area contributed by atoms with Crippen molar-refractivity contribution in [3.63, 3.8) is 0 Å². The lowest BCUT2D eigenvalue weighted by Crippen LogP contribution is -2.39. The number of rotatable bonds is 8. The van der Waals surface area contributed by atoms with Gasteiger partial charge in [-0.25, -0.2) is 0 Å². The van der Waals surface area contributed by atoms with Gasteiger partial charge in [0.15, 0.2) is 0 Å². The van der Waals surface area contributed by atoms with E-state index in [1.54, 1.807) is 32.0 Å². The molecule has 1 aliphatic rings. The molecule has 4 rings (SSSR count). The second-order valence-electron chi connectivity index (χ2n) is 7.99. The van der Waals surface area contributed by atoms with Gasteiger partial charge >= 0.3 is 0 Å². The first kappa shape index (κ1) is 22.4. The fraction of sp³-hybridized carbons (Fsp3) is 0.417. The lowest BCUT2D eigenvalue weighted by Gasteiger charge is -2.31. The van der Waals surface area contributed by atoms with Gasteiger partial charge in [0.25, 0.3) is 5.91 Å². The van der Waals surface area contributed by atoms with Crippen molar-refractivity contribution < 1.29 is 14.3 Å². The van der Waals surface area contributed by atoms with Gasteiger partial charge in [0, 0.05) is 30.6 Å². The molecule has 3 heterocycles. The number of amides is 1. The molecular weight excluding hydrogens is 424 g/mol. The molecule has 0 atom stereocenters. The Morgan fingerprint density at radius 1 is 1.19 bits per heavy atom. The second-order valence-corrected chi connectivity index (χ2v) is 8.97. The van der Waals surface area contributed by atoms with Gasteiger partial charge in [-0.1, -0.05) is 6.07 Å². The van der Waals surface area contributed by atoms with Crippen LogP contribution in [-0.4, -0.2) is 61.0 Å². The Hall–Kier alpha value is -2.84. The van der Waals surface area contributed by atoms with E-state index in [2.05, 4.69) is 32.8 Å². The first-order valence-electron chi connectivity index (χ1n) is 10.9. The average Bonchev–Trinajstić information content (AvgIpc) is 3.49. The summed E-state index contributed by atoms with van der Waals surface area (Å²) in [5.74, 6) is 1.95. The SMILES string of the molecule is COc1ccc(OC)c(-c2cc(C(=O)NCCN3CCC(c4cccs4)CC3)n(C)n2)c1. The Bertz CT molecular complexity index is 1040. The van der Waals surface area contributed by atoms with Gasteiger partial charge in [0.1, 0.15) is 17.2 Å². The maximum absolute atomic E-state index is 12.8. The van der Waals surface area contributed by atoms with Crippen LogP contribution in [0.2, 0.25) is 0 Å². The number of thiophene rings is 1. The summed E-state index contributed by atoms with van der Waals surface area (Å²) in [7, 11) is 5.01. The number of methoxy groups -OCH3 is 2. The van der Waals surface area contributed by atoms with E-state index in [9.17, 15) is 4.79 Å². The quantitative estimate of drug-likeness (QED) is 0.561. The Morgan fingerprint density at radius 3 is 2.69 bits per heavy atom. The molecule has 3 aromatic rings. The summed E-state index contributed by atoms with van der Waals surface area (Å²) in [6.45, 7) is 3.62. The molecule has 170 valence electrons. The van der Waals surface area contributed by atoms with Crippen molar-refractivity contribution in [3.8, 4) is 22.8 Å². The van der Waals surface area contributed by atoms with Gasteiger partial charge in [0.2, 0.25) is 0 Å². The van der Waals surface area contributed by atoms with E-state index < -0.39 is 0 Å². The Balaban J connectivity index is 1.32. The molecule has 0 unspecified atom stereocenters. The van der Waals surface area contributed by atoms with Crippen LogP contribution in [0, 0.1) is 0 Å². The number of likely N-dealkylation sites (tertiary alicyclic amines) is 1. The van der Waals surface area contributed by atoms with Crippen LogP contribution in [-0.2, 0) is 7.05 Å². The van der Waals surface area contributed by atoms with Gasteiger partial charge in [-0.3, -0.25) is 9.48 Å². The minimum atomic E-state index is -0.124.